The molecule has 1 amide bonds. The molecule has 0 aliphatic heterocycles. The number of nitrogens with one attached hydrogen (secondary N) is 2. The normalized spacial score (nSPS) is 11.5. The molecule has 0 spiro atoms. The fourth-order valence-corrected chi connectivity index (χ4v) is 4.67. The highest BCUT2D eigenvalue weighted by Crippen LogP contribution is 2.33. The number of rotatable bonds is 6. The number of thiophene rings is 1. The Balaban J connectivity index is 1.94. The number of hydrogen-bond acceptors (Lipinski definition) is 7. The number of nitrogen functional groups attached to an aromatic ring is 1. The number of aromatic nitrogens is 2. The van der Waals surface area contributed by atoms with E-state index in [9.17, 15) is 17.6 Å². The van der Waals surface area contributed by atoms with E-state index in [2.05, 4.69) is 20.0 Å². The summed E-state index contributed by atoms with van der Waals surface area (Å²) >= 11 is 7.18. The van der Waals surface area contributed by atoms with Crippen molar-refractivity contribution in [1.82, 2.24) is 9.97 Å². The third kappa shape index (κ3) is 4.01. The number of amides is 1. The van der Waals surface area contributed by atoms with Crippen LogP contribution in [0.2, 0.25) is 5.02 Å². The molecule has 2 aromatic heterocycles. The van der Waals surface area contributed by atoms with Crippen LogP contribution in [0.5, 0.6) is 0 Å². The first-order valence-corrected chi connectivity index (χ1v) is 10.9. The van der Waals surface area contributed by atoms with Crippen LogP contribution in [0.3, 0.4) is 0 Å². The van der Waals surface area contributed by atoms with Crippen molar-refractivity contribution in [2.75, 3.05) is 21.5 Å². The molecular formula is C16H15ClFN5O3S2. The molecule has 4 N–H and O–H groups in total. The minimum atomic E-state index is -3.72. The van der Waals surface area contributed by atoms with Crippen LogP contribution in [0.15, 0.2) is 23.8 Å². The molecule has 1 aromatic carbocycles. The van der Waals surface area contributed by atoms with Crippen LogP contribution in [-0.2, 0) is 10.0 Å². The lowest BCUT2D eigenvalue weighted by Gasteiger charge is -2.13. The third-order valence-corrected chi connectivity index (χ3v) is 6.48. The maximum atomic E-state index is 14.8. The molecule has 0 unspecified atom stereocenters. The molecule has 3 aromatic rings. The van der Waals surface area contributed by atoms with Gasteiger partial charge in [-0.2, -0.15) is 0 Å². The Morgan fingerprint density at radius 2 is 2.11 bits per heavy atom. The minimum absolute atomic E-state index is 0.0852. The van der Waals surface area contributed by atoms with E-state index in [1.54, 1.807) is 6.92 Å². The van der Waals surface area contributed by atoms with Crippen LogP contribution in [0, 0.1) is 5.82 Å². The molecule has 148 valence electrons. The van der Waals surface area contributed by atoms with Gasteiger partial charge < -0.3 is 11.1 Å². The molecule has 3 rings (SSSR count). The number of benzene rings is 1. The average molecular weight is 444 g/mol. The summed E-state index contributed by atoms with van der Waals surface area (Å²) in [7, 11) is -3.72. The van der Waals surface area contributed by atoms with E-state index in [-0.39, 0.29) is 33.5 Å². The number of anilines is 3. The van der Waals surface area contributed by atoms with Gasteiger partial charge in [-0.3, -0.25) is 9.52 Å². The van der Waals surface area contributed by atoms with Crippen LogP contribution in [0.25, 0.3) is 10.2 Å². The van der Waals surface area contributed by atoms with E-state index in [0.717, 1.165) is 0 Å². The second kappa shape index (κ2) is 7.86. The number of nitrogens with zero attached hydrogens (tertiary/aromatic N) is 2. The van der Waals surface area contributed by atoms with E-state index in [1.165, 1.54) is 35.2 Å². The molecule has 0 bridgehead atoms. The Labute approximate surface area is 169 Å². The van der Waals surface area contributed by atoms with Gasteiger partial charge in [-0.25, -0.2) is 22.8 Å². The zero-order chi connectivity index (χ0) is 20.5. The zero-order valence-electron chi connectivity index (χ0n) is 14.5. The molecule has 28 heavy (non-hydrogen) atoms. The summed E-state index contributed by atoms with van der Waals surface area (Å²) in [5.41, 5.74) is 5.60. The van der Waals surface area contributed by atoms with Crippen LogP contribution < -0.4 is 15.8 Å². The second-order valence-electron chi connectivity index (χ2n) is 5.75. The molecule has 0 radical (unpaired) electrons. The molecule has 2 heterocycles. The molecule has 12 heteroatoms. The van der Waals surface area contributed by atoms with Gasteiger partial charge in [0.05, 0.1) is 37.9 Å². The van der Waals surface area contributed by atoms with Crippen molar-refractivity contribution in [2.45, 2.75) is 13.3 Å². The van der Waals surface area contributed by atoms with Crippen LogP contribution in [-0.4, -0.2) is 30.0 Å². The molecular weight excluding hydrogens is 429 g/mol. The number of halogens is 2. The lowest BCUT2D eigenvalue weighted by atomic mass is 10.2. The topological polar surface area (TPSA) is 127 Å². The first-order chi connectivity index (χ1) is 13.2. The molecule has 0 saturated heterocycles. The predicted molar refractivity (Wildman–Crippen MR) is 109 cm³/mol. The summed E-state index contributed by atoms with van der Waals surface area (Å²) in [6.07, 6.45) is 1.59. The van der Waals surface area contributed by atoms with Gasteiger partial charge in [-0.15, -0.1) is 11.3 Å². The molecule has 8 nitrogen and oxygen atoms in total. The number of nitrogens with two attached hydrogens (primary N) is 1. The van der Waals surface area contributed by atoms with Gasteiger partial charge in [-0.05, 0) is 18.6 Å². The summed E-state index contributed by atoms with van der Waals surface area (Å²) < 4.78 is 41.3. The van der Waals surface area contributed by atoms with E-state index in [1.807, 2.05) is 0 Å². The van der Waals surface area contributed by atoms with Crippen molar-refractivity contribution in [2.24, 2.45) is 0 Å². The van der Waals surface area contributed by atoms with Crippen molar-refractivity contribution in [1.29, 1.82) is 0 Å². The van der Waals surface area contributed by atoms with Crippen LogP contribution >= 0.6 is 22.9 Å². The van der Waals surface area contributed by atoms with Gasteiger partial charge in [0, 0.05) is 5.38 Å². The Bertz CT molecular complexity index is 1170. The minimum Gasteiger partial charge on any atom is -0.382 e. The quantitative estimate of drug-likeness (QED) is 0.535. The Morgan fingerprint density at radius 3 is 2.82 bits per heavy atom. The summed E-state index contributed by atoms with van der Waals surface area (Å²) in [6, 6.07) is 2.48. The van der Waals surface area contributed by atoms with Crippen molar-refractivity contribution in [3.63, 3.8) is 0 Å². The maximum absolute atomic E-state index is 14.8. The Hall–Kier alpha value is -2.50. The van der Waals surface area contributed by atoms with E-state index in [0.29, 0.717) is 16.6 Å². The summed E-state index contributed by atoms with van der Waals surface area (Å²) in [5.74, 6) is -1.60. The lowest BCUT2D eigenvalue weighted by Crippen LogP contribution is -2.18. The maximum Gasteiger partial charge on any atom is 0.258 e. The number of carbonyl (C=O) groups is 1. The summed E-state index contributed by atoms with van der Waals surface area (Å²) in [4.78, 5) is 20.5. The zero-order valence-corrected chi connectivity index (χ0v) is 16.9. The molecule has 0 saturated carbocycles. The highest BCUT2D eigenvalue weighted by Gasteiger charge is 2.21. The van der Waals surface area contributed by atoms with Gasteiger partial charge in [0.25, 0.3) is 5.91 Å². The van der Waals surface area contributed by atoms with Crippen molar-refractivity contribution < 1.29 is 17.6 Å². The number of sulfonamides is 1. The van der Waals surface area contributed by atoms with Crippen LogP contribution in [0.1, 0.15) is 23.7 Å². The Kier molecular flexibility index (Phi) is 5.68. The standard InChI is InChI=1S/C16H15ClFN5O3S2/c1-2-5-28(25,26)23-10-4-3-9(17)13(11(10)18)22-16(24)8-6-27-14-12(8)20-7-21-15(14)19/h3-4,6-7,23H,2,5H2,1H3,(H,22,24)(H2,19,20,21). The monoisotopic (exact) mass is 443 g/mol. The molecule has 0 aliphatic rings. The SMILES string of the molecule is CCCS(=O)(=O)Nc1ccc(Cl)c(NC(=O)c2csc3c(N)ncnc23)c1F. The number of hydrogen-bond donors (Lipinski definition) is 3. The van der Waals surface area contributed by atoms with E-state index >= 15 is 0 Å². The van der Waals surface area contributed by atoms with Crippen molar-refractivity contribution in [3.8, 4) is 0 Å². The summed E-state index contributed by atoms with van der Waals surface area (Å²) in [6.45, 7) is 1.69. The molecule has 0 fully saturated rings. The average Bonchev–Trinajstić information content (AvgIpc) is 3.06. The van der Waals surface area contributed by atoms with Gasteiger partial charge >= 0.3 is 0 Å². The van der Waals surface area contributed by atoms with Gasteiger partial charge in [0.15, 0.2) is 5.82 Å². The first-order valence-electron chi connectivity index (χ1n) is 8.01. The largest absolute Gasteiger partial charge is 0.382 e. The van der Waals surface area contributed by atoms with Gasteiger partial charge in [-0.1, -0.05) is 18.5 Å². The van der Waals surface area contributed by atoms with Crippen molar-refractivity contribution >= 4 is 66.3 Å². The first kappa shape index (κ1) is 20.2. The van der Waals surface area contributed by atoms with E-state index in [4.69, 9.17) is 17.3 Å². The predicted octanol–water partition coefficient (Wildman–Crippen LogP) is 3.47. The second-order valence-corrected chi connectivity index (χ2v) is 8.87. The fraction of sp³-hybridized carbons (Fsp3) is 0.188. The Morgan fingerprint density at radius 1 is 1.36 bits per heavy atom. The van der Waals surface area contributed by atoms with Crippen LogP contribution in [0.4, 0.5) is 21.6 Å². The molecule has 0 aliphatic carbocycles. The van der Waals surface area contributed by atoms with E-state index < -0.39 is 21.7 Å². The molecule has 0 atom stereocenters. The fourth-order valence-electron chi connectivity index (χ4n) is 2.44. The third-order valence-electron chi connectivity index (χ3n) is 3.69. The number of carbonyl (C=O) groups excluding carboxylic acids is 1. The van der Waals surface area contributed by atoms with Gasteiger partial charge in [0.1, 0.15) is 12.1 Å². The highest BCUT2D eigenvalue weighted by atomic mass is 35.5. The highest BCUT2D eigenvalue weighted by molar-refractivity contribution is 7.92. The summed E-state index contributed by atoms with van der Waals surface area (Å²) in [5, 5.41) is 3.81. The number of fused-ring (bicyclic) bond motifs is 1. The smallest absolute Gasteiger partial charge is 0.258 e. The van der Waals surface area contributed by atoms with Gasteiger partial charge in [0.2, 0.25) is 10.0 Å². The van der Waals surface area contributed by atoms with Crippen molar-refractivity contribution in [3.05, 3.63) is 40.2 Å². The lowest BCUT2D eigenvalue weighted by molar-refractivity contribution is 0.102.